The molecule has 0 aliphatic carbocycles. The summed E-state index contributed by atoms with van der Waals surface area (Å²) in [6, 6.07) is 9.42. The molecule has 2 unspecified atom stereocenters. The molecule has 0 aromatic heterocycles. The normalized spacial score (nSPS) is 22.4. The molecule has 0 bridgehead atoms. The molecule has 0 radical (unpaired) electrons. The molecule has 198 valence electrons. The standard InChI is InChI=1S/C26H34F3N5S.ClH/c1-16-11-17(2)34(15-16)20-3-4-21-23(14-20)35-24-13-18(26(27,28)29)12-22(25(24)32-21)31-19-5-8-33(9-6-19)10-7-30;/h3-4,12-14,16-17,19,31-32H,5-11,15,30H2,1-2H3;1H. The molecule has 0 amide bonds. The van der Waals surface area contributed by atoms with Crippen molar-refractivity contribution >= 4 is 46.9 Å². The molecule has 2 fully saturated rings. The smallest absolute Gasteiger partial charge is 0.380 e. The van der Waals surface area contributed by atoms with E-state index in [-0.39, 0.29) is 18.4 Å². The Balaban J connectivity index is 0.00000304. The molecule has 36 heavy (non-hydrogen) atoms. The maximum atomic E-state index is 13.8. The number of rotatable bonds is 5. The highest BCUT2D eigenvalue weighted by Gasteiger charge is 2.34. The lowest BCUT2D eigenvalue weighted by molar-refractivity contribution is -0.137. The molecule has 4 N–H and O–H groups in total. The van der Waals surface area contributed by atoms with E-state index in [9.17, 15) is 13.2 Å². The van der Waals surface area contributed by atoms with Gasteiger partial charge < -0.3 is 26.2 Å². The van der Waals surface area contributed by atoms with Crippen LogP contribution in [0.25, 0.3) is 0 Å². The van der Waals surface area contributed by atoms with Gasteiger partial charge in [0, 0.05) is 60.3 Å². The van der Waals surface area contributed by atoms with Gasteiger partial charge in [-0.05, 0) is 62.4 Å². The summed E-state index contributed by atoms with van der Waals surface area (Å²) in [6.45, 7) is 8.78. The van der Waals surface area contributed by atoms with E-state index in [1.807, 2.05) is 0 Å². The molecule has 3 aliphatic rings. The molecule has 2 saturated heterocycles. The van der Waals surface area contributed by atoms with E-state index in [2.05, 4.69) is 52.5 Å². The molecule has 5 rings (SSSR count). The van der Waals surface area contributed by atoms with Gasteiger partial charge in [0.15, 0.2) is 0 Å². The number of alkyl halides is 3. The van der Waals surface area contributed by atoms with E-state index in [4.69, 9.17) is 5.73 Å². The van der Waals surface area contributed by atoms with Crippen LogP contribution in [0.5, 0.6) is 0 Å². The second-order valence-corrected chi connectivity index (χ2v) is 11.3. The third-order valence-electron chi connectivity index (χ3n) is 7.38. The first kappa shape index (κ1) is 27.2. The number of halogens is 4. The molecule has 2 aromatic rings. The minimum Gasteiger partial charge on any atom is -0.380 e. The van der Waals surface area contributed by atoms with Crippen LogP contribution in [0, 0.1) is 5.92 Å². The van der Waals surface area contributed by atoms with Gasteiger partial charge in [-0.1, -0.05) is 18.7 Å². The first-order chi connectivity index (χ1) is 16.7. The summed E-state index contributed by atoms with van der Waals surface area (Å²) in [4.78, 5) is 6.28. The van der Waals surface area contributed by atoms with Crippen LogP contribution < -0.4 is 21.3 Å². The quantitative estimate of drug-likeness (QED) is 0.347. The molecule has 2 atom stereocenters. The summed E-state index contributed by atoms with van der Waals surface area (Å²) in [5.41, 5.74) is 8.38. The number of piperidine rings is 1. The number of anilines is 4. The van der Waals surface area contributed by atoms with Gasteiger partial charge in [-0.2, -0.15) is 13.2 Å². The van der Waals surface area contributed by atoms with Crippen molar-refractivity contribution in [3.8, 4) is 0 Å². The maximum Gasteiger partial charge on any atom is 0.416 e. The second kappa shape index (κ2) is 10.9. The Morgan fingerprint density at radius 2 is 1.86 bits per heavy atom. The third-order valence-corrected chi connectivity index (χ3v) is 8.48. The minimum atomic E-state index is -4.40. The fourth-order valence-corrected chi connectivity index (χ4v) is 6.69. The number of nitrogens with zero attached hydrogens (tertiary/aromatic N) is 2. The molecular formula is C26H35ClF3N5S. The third kappa shape index (κ3) is 5.69. The first-order valence-electron chi connectivity index (χ1n) is 12.5. The highest BCUT2D eigenvalue weighted by Crippen LogP contribution is 2.51. The SMILES string of the molecule is CC1CC(C)N(c2ccc3c(c2)Sc2cc(C(F)(F)F)cc(NC4CCN(CCN)CC4)c2N3)C1.Cl. The van der Waals surface area contributed by atoms with E-state index in [1.165, 1.54) is 23.9 Å². The average Bonchev–Trinajstić information content (AvgIpc) is 3.16. The van der Waals surface area contributed by atoms with Crippen molar-refractivity contribution in [1.82, 2.24) is 4.90 Å². The van der Waals surface area contributed by atoms with Crippen molar-refractivity contribution in [1.29, 1.82) is 0 Å². The van der Waals surface area contributed by atoms with E-state index in [0.717, 1.165) is 67.4 Å². The Labute approximate surface area is 221 Å². The summed E-state index contributed by atoms with van der Waals surface area (Å²) < 4.78 is 41.4. The fourth-order valence-electron chi connectivity index (χ4n) is 5.60. The van der Waals surface area contributed by atoms with Gasteiger partial charge in [0.1, 0.15) is 0 Å². The monoisotopic (exact) mass is 541 g/mol. The average molecular weight is 542 g/mol. The fraction of sp³-hybridized carbons (Fsp3) is 0.538. The minimum absolute atomic E-state index is 0. The Hall–Kier alpha value is -1.81. The van der Waals surface area contributed by atoms with Crippen molar-refractivity contribution in [2.75, 3.05) is 48.3 Å². The molecule has 0 saturated carbocycles. The van der Waals surface area contributed by atoms with E-state index < -0.39 is 11.7 Å². The first-order valence-corrected chi connectivity index (χ1v) is 13.3. The number of likely N-dealkylation sites (tertiary alicyclic amines) is 1. The van der Waals surface area contributed by atoms with Crippen molar-refractivity contribution in [2.45, 2.75) is 61.2 Å². The van der Waals surface area contributed by atoms with Crippen molar-refractivity contribution < 1.29 is 13.2 Å². The van der Waals surface area contributed by atoms with Crippen molar-refractivity contribution in [2.24, 2.45) is 11.7 Å². The lowest BCUT2D eigenvalue weighted by Crippen LogP contribution is -2.41. The van der Waals surface area contributed by atoms with Crippen molar-refractivity contribution in [3.63, 3.8) is 0 Å². The van der Waals surface area contributed by atoms with Crippen molar-refractivity contribution in [3.05, 3.63) is 35.9 Å². The molecule has 2 aromatic carbocycles. The second-order valence-electron chi connectivity index (χ2n) is 10.2. The molecule has 10 heteroatoms. The maximum absolute atomic E-state index is 13.8. The summed E-state index contributed by atoms with van der Waals surface area (Å²) in [7, 11) is 0. The van der Waals surface area contributed by atoms with Crippen LogP contribution >= 0.6 is 24.2 Å². The van der Waals surface area contributed by atoms with Gasteiger partial charge in [-0.25, -0.2) is 0 Å². The van der Waals surface area contributed by atoms with Gasteiger partial charge in [-0.3, -0.25) is 0 Å². The van der Waals surface area contributed by atoms with E-state index in [0.29, 0.717) is 29.1 Å². The molecule has 0 spiro atoms. The number of nitrogens with one attached hydrogen (secondary N) is 2. The van der Waals surface area contributed by atoms with Gasteiger partial charge in [0.25, 0.3) is 0 Å². The molecule has 5 nitrogen and oxygen atoms in total. The van der Waals surface area contributed by atoms with E-state index in [1.54, 1.807) is 0 Å². The zero-order chi connectivity index (χ0) is 24.7. The molecule has 3 heterocycles. The zero-order valence-electron chi connectivity index (χ0n) is 20.7. The summed E-state index contributed by atoms with van der Waals surface area (Å²) >= 11 is 1.42. The van der Waals surface area contributed by atoms with Crippen LogP contribution in [0.3, 0.4) is 0 Å². The van der Waals surface area contributed by atoms with Gasteiger partial charge in [-0.15, -0.1) is 12.4 Å². The van der Waals surface area contributed by atoms with Crippen LogP contribution in [0.2, 0.25) is 0 Å². The van der Waals surface area contributed by atoms with E-state index >= 15 is 0 Å². The van der Waals surface area contributed by atoms with Crippen LogP contribution in [-0.2, 0) is 6.18 Å². The predicted molar refractivity (Wildman–Crippen MR) is 145 cm³/mol. The lowest BCUT2D eigenvalue weighted by Gasteiger charge is -2.34. The largest absolute Gasteiger partial charge is 0.416 e. The van der Waals surface area contributed by atoms with Gasteiger partial charge in [0.05, 0.1) is 22.6 Å². The Kier molecular flexibility index (Phi) is 8.24. The van der Waals surface area contributed by atoms with Crippen LogP contribution in [0.1, 0.15) is 38.7 Å². The molecular weight excluding hydrogens is 507 g/mol. The summed E-state index contributed by atoms with van der Waals surface area (Å²) in [5, 5.41) is 6.89. The van der Waals surface area contributed by atoms with Gasteiger partial charge >= 0.3 is 6.18 Å². The summed E-state index contributed by atoms with van der Waals surface area (Å²) in [5.74, 6) is 0.637. The number of hydrogen-bond donors (Lipinski definition) is 3. The van der Waals surface area contributed by atoms with Crippen LogP contribution in [0.4, 0.5) is 35.9 Å². The Morgan fingerprint density at radius 3 is 2.50 bits per heavy atom. The Bertz CT molecular complexity index is 1070. The Morgan fingerprint density at radius 1 is 1.11 bits per heavy atom. The lowest BCUT2D eigenvalue weighted by atomic mass is 10.0. The topological polar surface area (TPSA) is 56.6 Å². The number of nitrogens with two attached hydrogens (primary N) is 1. The van der Waals surface area contributed by atoms with Crippen LogP contribution in [0.15, 0.2) is 40.1 Å². The van der Waals surface area contributed by atoms with Crippen LogP contribution in [-0.4, -0.2) is 49.7 Å². The van der Waals surface area contributed by atoms with Gasteiger partial charge in [0.2, 0.25) is 0 Å². The summed E-state index contributed by atoms with van der Waals surface area (Å²) in [6.07, 6.45) is -1.49. The highest BCUT2D eigenvalue weighted by molar-refractivity contribution is 7.99. The molecule has 3 aliphatic heterocycles. The predicted octanol–water partition coefficient (Wildman–Crippen LogP) is 6.41. The highest BCUT2D eigenvalue weighted by atomic mass is 35.5. The number of fused-ring (bicyclic) bond motifs is 2. The zero-order valence-corrected chi connectivity index (χ0v) is 22.3. The number of benzene rings is 2. The number of hydrogen-bond acceptors (Lipinski definition) is 6.